The number of carbonyl (C=O) groups excluding carboxylic acids is 3. The lowest BCUT2D eigenvalue weighted by Crippen LogP contribution is -2.70. The highest BCUT2D eigenvalue weighted by atomic mass is 16.4. The lowest BCUT2D eigenvalue weighted by Gasteiger charge is -2.52. The number of aromatic hydroxyl groups is 1. The van der Waals surface area contributed by atoms with E-state index in [1.807, 2.05) is 0 Å². The van der Waals surface area contributed by atoms with Crippen LogP contribution in [0.3, 0.4) is 0 Å². The van der Waals surface area contributed by atoms with E-state index >= 15 is 0 Å². The van der Waals surface area contributed by atoms with Gasteiger partial charge in [-0.3, -0.25) is 19.3 Å². The molecule has 1 aliphatic heterocycles. The minimum absolute atomic E-state index is 0.0352. The number of anilines is 1. The number of primary amides is 1. The van der Waals surface area contributed by atoms with E-state index in [-0.39, 0.29) is 28.4 Å². The Kier molecular flexibility index (Phi) is 6.81. The van der Waals surface area contributed by atoms with Crippen molar-refractivity contribution < 1.29 is 39.9 Å². The number of rotatable bonds is 4. The Hall–Kier alpha value is -3.45. The van der Waals surface area contributed by atoms with Gasteiger partial charge in [0.1, 0.15) is 22.8 Å². The Bertz CT molecular complexity index is 1450. The molecule has 12 nitrogen and oxygen atoms in total. The fourth-order valence-corrected chi connectivity index (χ4v) is 7.77. The zero-order valence-corrected chi connectivity index (χ0v) is 24.5. The van der Waals surface area contributed by atoms with Crippen LogP contribution < -0.4 is 16.4 Å². The van der Waals surface area contributed by atoms with Crippen LogP contribution in [0.25, 0.3) is 5.76 Å². The van der Waals surface area contributed by atoms with E-state index in [0.717, 1.165) is 12.8 Å². The predicted octanol–water partition coefficient (Wildman–Crippen LogP) is 0.666. The molecular formula is C30H39N4O8. The number of nitrogens with two attached hydrogens (primary N) is 1. The van der Waals surface area contributed by atoms with Gasteiger partial charge in [0, 0.05) is 35.0 Å². The molecule has 12 heteroatoms. The molecule has 5 rings (SSSR count). The average molecular weight is 584 g/mol. The van der Waals surface area contributed by atoms with Gasteiger partial charge in [-0.15, -0.1) is 0 Å². The van der Waals surface area contributed by atoms with Crippen LogP contribution in [-0.4, -0.2) is 96.9 Å². The van der Waals surface area contributed by atoms with Crippen LogP contribution in [0, 0.1) is 18.3 Å². The first-order chi connectivity index (χ1) is 19.3. The van der Waals surface area contributed by atoms with Gasteiger partial charge in [0.25, 0.3) is 5.91 Å². The van der Waals surface area contributed by atoms with E-state index in [4.69, 9.17) is 5.73 Å². The van der Waals surface area contributed by atoms with Crippen molar-refractivity contribution in [2.45, 2.75) is 75.4 Å². The Morgan fingerprint density at radius 1 is 1.07 bits per heavy atom. The molecule has 4 aliphatic rings. The summed E-state index contributed by atoms with van der Waals surface area (Å²) in [6.07, 6.45) is 1.30. The number of likely N-dealkylation sites (N-methyl/N-ethyl adjacent to an activating group) is 1. The van der Waals surface area contributed by atoms with E-state index in [9.17, 15) is 39.9 Å². The van der Waals surface area contributed by atoms with Gasteiger partial charge in [-0.25, -0.2) is 0 Å². The van der Waals surface area contributed by atoms with Crippen molar-refractivity contribution in [3.63, 3.8) is 0 Å². The number of amides is 1. The molecule has 9 N–H and O–H groups in total. The van der Waals surface area contributed by atoms with E-state index in [2.05, 4.69) is 38.3 Å². The summed E-state index contributed by atoms with van der Waals surface area (Å²) in [6.45, 7) is 8.36. The summed E-state index contributed by atoms with van der Waals surface area (Å²) in [5.74, 6) is -8.60. The first-order valence-corrected chi connectivity index (χ1v) is 13.9. The standard InChI is InChI=1S/C30H39N4O8/c1-28(2)10-13(11-29(3,4)33-28)32-15-8-7-12-9-14-17(23(37)16(12)22(15)36)25(39)30(42)19(21(14)35)20(34(5)6)24(38)18(26(30)40)27(31)41/h7-9,13-14,19-21,32-33,35-37,40,42H,10-11H2,1-6H3,(H2,31,41)/t14-,19-,20+,21+,30+/m0/s1. The quantitative estimate of drug-likeness (QED) is 0.183. The first kappa shape index (κ1) is 30.0. The molecule has 0 unspecified atom stereocenters. The van der Waals surface area contributed by atoms with Crippen molar-refractivity contribution in [1.29, 1.82) is 0 Å². The van der Waals surface area contributed by atoms with Gasteiger partial charge < -0.3 is 41.9 Å². The molecule has 1 radical (unpaired) electrons. The highest BCUT2D eigenvalue weighted by Crippen LogP contribution is 2.54. The van der Waals surface area contributed by atoms with Crippen molar-refractivity contribution in [3.8, 4) is 5.75 Å². The third kappa shape index (κ3) is 4.31. The summed E-state index contributed by atoms with van der Waals surface area (Å²) in [5, 5.41) is 64.0. The topological polar surface area (TPSA) is 206 Å². The van der Waals surface area contributed by atoms with E-state index in [1.165, 1.54) is 25.4 Å². The Labute approximate surface area is 243 Å². The van der Waals surface area contributed by atoms with Crippen LogP contribution >= 0.6 is 0 Å². The number of aliphatic hydroxyl groups is 4. The number of hydrogen-bond acceptors (Lipinski definition) is 11. The maximum atomic E-state index is 14.0. The Balaban J connectivity index is 1.62. The largest absolute Gasteiger partial charge is 0.508 e. The van der Waals surface area contributed by atoms with Gasteiger partial charge in [0.15, 0.2) is 11.4 Å². The van der Waals surface area contributed by atoms with Crippen molar-refractivity contribution in [3.05, 3.63) is 46.6 Å². The molecule has 1 aromatic carbocycles. The van der Waals surface area contributed by atoms with Gasteiger partial charge in [-0.05, 0) is 66.3 Å². The number of carbonyl (C=O) groups is 3. The minimum atomic E-state index is -2.95. The molecule has 0 aromatic heterocycles. The number of hydrogen-bond donors (Lipinski definition) is 8. The van der Waals surface area contributed by atoms with E-state index in [0.29, 0.717) is 11.3 Å². The Morgan fingerprint density at radius 3 is 2.21 bits per heavy atom. The summed E-state index contributed by atoms with van der Waals surface area (Å²) < 4.78 is 0. The highest BCUT2D eigenvalue weighted by molar-refractivity contribution is 6.24. The molecule has 1 heterocycles. The number of benzene rings is 1. The smallest absolute Gasteiger partial charge is 0.255 e. The summed E-state index contributed by atoms with van der Waals surface area (Å²) in [7, 11) is 2.92. The molecule has 5 atom stereocenters. The highest BCUT2D eigenvalue weighted by Gasteiger charge is 2.67. The van der Waals surface area contributed by atoms with Crippen molar-refractivity contribution in [2.24, 2.45) is 17.6 Å². The number of phenolic OH excluding ortho intramolecular Hbond substituents is 1. The maximum absolute atomic E-state index is 14.0. The first-order valence-electron chi connectivity index (χ1n) is 13.9. The van der Waals surface area contributed by atoms with Gasteiger partial charge in [0.05, 0.1) is 29.3 Å². The molecule has 3 aliphatic carbocycles. The van der Waals surface area contributed by atoms with Crippen LogP contribution in [0.5, 0.6) is 5.75 Å². The normalized spacial score (nSPS) is 32.4. The summed E-state index contributed by atoms with van der Waals surface area (Å²) in [4.78, 5) is 40.7. The number of nitrogens with zero attached hydrogens (tertiary/aromatic N) is 1. The van der Waals surface area contributed by atoms with Crippen molar-refractivity contribution in [2.75, 3.05) is 19.4 Å². The predicted molar refractivity (Wildman–Crippen MR) is 153 cm³/mol. The average Bonchev–Trinajstić information content (AvgIpc) is 2.83. The number of piperidine rings is 1. The zero-order chi connectivity index (χ0) is 31.3. The number of nitrogens with one attached hydrogen (secondary N) is 2. The monoisotopic (exact) mass is 583 g/mol. The lowest BCUT2D eigenvalue weighted by molar-refractivity contribution is -0.167. The number of phenols is 1. The number of aliphatic hydroxyl groups excluding tert-OH is 3. The minimum Gasteiger partial charge on any atom is -0.508 e. The fourth-order valence-electron chi connectivity index (χ4n) is 7.77. The molecule has 227 valence electrons. The third-order valence-electron chi connectivity index (χ3n) is 9.01. The van der Waals surface area contributed by atoms with Crippen LogP contribution in [-0.2, 0) is 14.4 Å². The second-order valence-electron chi connectivity index (χ2n) is 13.5. The van der Waals surface area contributed by atoms with Crippen LogP contribution in [0.2, 0.25) is 0 Å². The van der Waals surface area contributed by atoms with Gasteiger partial charge in [-0.2, -0.15) is 0 Å². The van der Waals surface area contributed by atoms with E-state index < -0.39 is 69.7 Å². The molecular weight excluding hydrogens is 544 g/mol. The number of Topliss-reactive ketones (excluding diaryl/α,β-unsaturated/α-hetero) is 2. The molecule has 1 aromatic rings. The van der Waals surface area contributed by atoms with Crippen LogP contribution in [0.4, 0.5) is 5.69 Å². The molecule has 0 spiro atoms. The lowest BCUT2D eigenvalue weighted by atomic mass is 9.56. The summed E-state index contributed by atoms with van der Waals surface area (Å²) in [6, 6.07) is 1.85. The molecule has 1 saturated heterocycles. The van der Waals surface area contributed by atoms with Gasteiger partial charge >= 0.3 is 0 Å². The summed E-state index contributed by atoms with van der Waals surface area (Å²) in [5.41, 5.74) is 1.18. The molecule has 0 bridgehead atoms. The van der Waals surface area contributed by atoms with Gasteiger partial charge in [-0.1, -0.05) is 6.07 Å². The molecule has 42 heavy (non-hydrogen) atoms. The molecule has 2 fully saturated rings. The molecule has 1 amide bonds. The summed E-state index contributed by atoms with van der Waals surface area (Å²) >= 11 is 0. The van der Waals surface area contributed by atoms with Gasteiger partial charge in [0.2, 0.25) is 5.78 Å². The fraction of sp³-hybridized carbons (Fsp3) is 0.533. The second kappa shape index (κ2) is 9.53. The van der Waals surface area contributed by atoms with Crippen molar-refractivity contribution in [1.82, 2.24) is 10.2 Å². The van der Waals surface area contributed by atoms with Crippen molar-refractivity contribution >= 4 is 28.9 Å². The SMILES string of the molecule is CN(C)[C@H]1C(=O)C(C(N)=O)=C(O)[C@]2(O)C(=O)C3=C(O)c4c(ccc(NC5CC(C)(C)NC(C)(C)C5)c4O)[CH][C@@H]3[C@@H](O)[C@H]12. The zero-order valence-electron chi connectivity index (χ0n) is 24.5. The van der Waals surface area contributed by atoms with Crippen LogP contribution in [0.1, 0.15) is 51.7 Å². The second-order valence-corrected chi connectivity index (χ2v) is 13.5. The molecule has 1 saturated carbocycles. The third-order valence-corrected chi connectivity index (χ3v) is 9.01. The Morgan fingerprint density at radius 2 is 1.67 bits per heavy atom. The maximum Gasteiger partial charge on any atom is 0.255 e. The number of fused-ring (bicyclic) bond motifs is 3. The van der Waals surface area contributed by atoms with E-state index in [1.54, 1.807) is 12.1 Å². The van der Waals surface area contributed by atoms with Crippen LogP contribution in [0.15, 0.2) is 29.0 Å². The number of ketones is 2.